The van der Waals surface area contributed by atoms with E-state index in [0.717, 1.165) is 44.5 Å². The predicted octanol–water partition coefficient (Wildman–Crippen LogP) is 5.23. The van der Waals surface area contributed by atoms with Gasteiger partial charge in [0.2, 0.25) is 0 Å². The van der Waals surface area contributed by atoms with Crippen molar-refractivity contribution >= 4 is 16.6 Å². The van der Waals surface area contributed by atoms with Crippen molar-refractivity contribution in [2.24, 2.45) is 0 Å². The molecule has 0 saturated carbocycles. The van der Waals surface area contributed by atoms with Crippen LogP contribution in [0, 0.1) is 13.8 Å². The van der Waals surface area contributed by atoms with E-state index in [-0.39, 0.29) is 0 Å². The van der Waals surface area contributed by atoms with Crippen molar-refractivity contribution in [1.29, 1.82) is 0 Å². The van der Waals surface area contributed by atoms with E-state index in [0.29, 0.717) is 0 Å². The highest BCUT2D eigenvalue weighted by atomic mass is 15.2. The van der Waals surface area contributed by atoms with Gasteiger partial charge in [-0.25, -0.2) is 9.50 Å². The van der Waals surface area contributed by atoms with Gasteiger partial charge in [-0.3, -0.25) is 4.98 Å². The van der Waals surface area contributed by atoms with Crippen LogP contribution >= 0.6 is 0 Å². The second-order valence-electron chi connectivity index (χ2n) is 6.86. The number of benzene rings is 2. The Hall–Kier alpha value is -3.53. The zero-order valence-corrected chi connectivity index (χ0v) is 15.2. The number of fused-ring (bicyclic) bond motifs is 2. The number of hydrogen-bond acceptors (Lipinski definition) is 3. The summed E-state index contributed by atoms with van der Waals surface area (Å²) in [7, 11) is 0. The molecule has 27 heavy (non-hydrogen) atoms. The lowest BCUT2D eigenvalue weighted by Gasteiger charge is -2.06. The molecule has 0 aliphatic rings. The highest BCUT2D eigenvalue weighted by Crippen LogP contribution is 2.31. The largest absolute Gasteiger partial charge is 0.253 e. The van der Waals surface area contributed by atoms with Gasteiger partial charge in [0, 0.05) is 34.6 Å². The zero-order valence-electron chi connectivity index (χ0n) is 15.2. The van der Waals surface area contributed by atoms with Crippen molar-refractivity contribution in [2.75, 3.05) is 0 Å². The second kappa shape index (κ2) is 6.02. The maximum Gasteiger partial charge on any atom is 0.162 e. The third-order valence-electron chi connectivity index (χ3n) is 4.90. The van der Waals surface area contributed by atoms with Crippen LogP contribution in [-0.2, 0) is 0 Å². The minimum absolute atomic E-state index is 0.846. The first kappa shape index (κ1) is 15.7. The maximum absolute atomic E-state index is 4.72. The molecule has 0 aliphatic heterocycles. The van der Waals surface area contributed by atoms with Gasteiger partial charge in [-0.05, 0) is 37.1 Å². The van der Waals surface area contributed by atoms with Crippen LogP contribution < -0.4 is 0 Å². The Balaban J connectivity index is 1.66. The minimum atomic E-state index is 0.846. The van der Waals surface area contributed by atoms with Gasteiger partial charge in [-0.15, -0.1) is 0 Å². The van der Waals surface area contributed by atoms with Crippen molar-refractivity contribution in [1.82, 2.24) is 19.6 Å². The van der Waals surface area contributed by atoms with E-state index >= 15 is 0 Å². The molecule has 0 saturated heterocycles. The quantitative estimate of drug-likeness (QED) is 0.438. The molecule has 0 amide bonds. The van der Waals surface area contributed by atoms with E-state index in [9.17, 15) is 0 Å². The van der Waals surface area contributed by atoms with E-state index in [1.165, 1.54) is 5.56 Å². The van der Waals surface area contributed by atoms with E-state index in [1.54, 1.807) is 0 Å². The molecule has 5 rings (SSSR count). The van der Waals surface area contributed by atoms with Crippen molar-refractivity contribution < 1.29 is 0 Å². The van der Waals surface area contributed by atoms with Gasteiger partial charge in [0.05, 0.1) is 11.7 Å². The molecule has 4 heteroatoms. The van der Waals surface area contributed by atoms with Crippen LogP contribution in [0.25, 0.3) is 38.8 Å². The zero-order chi connectivity index (χ0) is 18.4. The first-order valence-electron chi connectivity index (χ1n) is 8.96. The molecule has 3 heterocycles. The monoisotopic (exact) mass is 350 g/mol. The van der Waals surface area contributed by atoms with Gasteiger partial charge < -0.3 is 0 Å². The Labute approximate surface area is 157 Å². The summed E-state index contributed by atoms with van der Waals surface area (Å²) in [6, 6.07) is 18.8. The molecule has 5 aromatic rings. The summed E-state index contributed by atoms with van der Waals surface area (Å²) >= 11 is 0. The smallest absolute Gasteiger partial charge is 0.162 e. The summed E-state index contributed by atoms with van der Waals surface area (Å²) in [5, 5.41) is 5.67. The molecule has 2 aromatic carbocycles. The topological polar surface area (TPSA) is 43.1 Å². The van der Waals surface area contributed by atoms with Crippen LogP contribution in [0.4, 0.5) is 0 Å². The normalized spacial score (nSPS) is 11.3. The highest BCUT2D eigenvalue weighted by Gasteiger charge is 2.12. The van der Waals surface area contributed by atoms with Gasteiger partial charge in [0.1, 0.15) is 0 Å². The summed E-state index contributed by atoms with van der Waals surface area (Å²) in [5.41, 5.74) is 8.40. The number of aryl methyl sites for hydroxylation is 2. The van der Waals surface area contributed by atoms with Gasteiger partial charge in [-0.2, -0.15) is 5.10 Å². The average molecular weight is 350 g/mol. The lowest BCUT2D eigenvalue weighted by molar-refractivity contribution is 0.941. The molecule has 4 nitrogen and oxygen atoms in total. The molecule has 0 atom stereocenters. The molecule has 0 radical (unpaired) electrons. The lowest BCUT2D eigenvalue weighted by Crippen LogP contribution is -1.92. The van der Waals surface area contributed by atoms with Crippen LogP contribution in [0.1, 0.15) is 11.3 Å². The lowest BCUT2D eigenvalue weighted by atomic mass is 10.0. The third-order valence-corrected chi connectivity index (χ3v) is 4.90. The average Bonchev–Trinajstić information content (AvgIpc) is 3.11. The molecule has 3 aromatic heterocycles. The summed E-state index contributed by atoms with van der Waals surface area (Å²) < 4.78 is 1.85. The second-order valence-corrected chi connectivity index (χ2v) is 6.86. The van der Waals surface area contributed by atoms with Gasteiger partial charge in [0.15, 0.2) is 5.65 Å². The Morgan fingerprint density at radius 3 is 2.48 bits per heavy atom. The van der Waals surface area contributed by atoms with Gasteiger partial charge >= 0.3 is 0 Å². The number of rotatable bonds is 2. The van der Waals surface area contributed by atoms with Crippen LogP contribution in [-0.4, -0.2) is 19.6 Å². The Bertz CT molecular complexity index is 1280. The Morgan fingerprint density at radius 1 is 0.778 bits per heavy atom. The summed E-state index contributed by atoms with van der Waals surface area (Å²) in [6.07, 6.45) is 5.83. The van der Waals surface area contributed by atoms with Crippen molar-refractivity contribution in [3.8, 4) is 22.3 Å². The van der Waals surface area contributed by atoms with Gasteiger partial charge in [0.25, 0.3) is 0 Å². The number of hydrogen-bond donors (Lipinski definition) is 0. The molecular weight excluding hydrogens is 332 g/mol. The SMILES string of the molecule is Cc1ccc(-c2cnc3c(-c4cccc5nc(C)ccc45)cnn3c2)cc1. The summed E-state index contributed by atoms with van der Waals surface area (Å²) in [5.74, 6) is 0. The van der Waals surface area contributed by atoms with Crippen molar-refractivity contribution in [3.05, 3.63) is 84.4 Å². The fraction of sp³-hybridized carbons (Fsp3) is 0.0870. The predicted molar refractivity (Wildman–Crippen MR) is 109 cm³/mol. The van der Waals surface area contributed by atoms with E-state index < -0.39 is 0 Å². The number of aromatic nitrogens is 4. The first-order valence-corrected chi connectivity index (χ1v) is 8.96. The standard InChI is InChI=1S/C23H18N4/c1-15-6-9-17(10-7-15)18-12-24-23-21(13-25-27(23)14-18)19-4-3-5-22-20(19)11-8-16(2)26-22/h3-14H,1-2H3. The molecule has 130 valence electrons. The molecule has 0 fully saturated rings. The molecule has 0 bridgehead atoms. The highest BCUT2D eigenvalue weighted by molar-refractivity contribution is 5.98. The minimum Gasteiger partial charge on any atom is -0.253 e. The molecule has 0 unspecified atom stereocenters. The van der Waals surface area contributed by atoms with E-state index in [1.807, 2.05) is 48.2 Å². The Kier molecular flexibility index (Phi) is 3.50. The van der Waals surface area contributed by atoms with Crippen LogP contribution in [0.5, 0.6) is 0 Å². The number of nitrogens with zero attached hydrogens (tertiary/aromatic N) is 4. The van der Waals surface area contributed by atoms with Crippen molar-refractivity contribution in [2.45, 2.75) is 13.8 Å². The molecule has 0 N–H and O–H groups in total. The van der Waals surface area contributed by atoms with E-state index in [4.69, 9.17) is 4.98 Å². The third kappa shape index (κ3) is 2.66. The molecular formula is C23H18N4. The number of pyridine rings is 1. The fourth-order valence-electron chi connectivity index (χ4n) is 3.45. The Morgan fingerprint density at radius 2 is 1.63 bits per heavy atom. The van der Waals surface area contributed by atoms with Crippen LogP contribution in [0.15, 0.2) is 73.2 Å². The van der Waals surface area contributed by atoms with Gasteiger partial charge in [-0.1, -0.05) is 48.0 Å². The summed E-state index contributed by atoms with van der Waals surface area (Å²) in [4.78, 5) is 9.36. The fourth-order valence-corrected chi connectivity index (χ4v) is 3.45. The van der Waals surface area contributed by atoms with Crippen molar-refractivity contribution in [3.63, 3.8) is 0 Å². The van der Waals surface area contributed by atoms with Crippen LogP contribution in [0.2, 0.25) is 0 Å². The molecule has 0 spiro atoms. The maximum atomic E-state index is 4.72. The van der Waals surface area contributed by atoms with Crippen LogP contribution in [0.3, 0.4) is 0 Å². The molecule has 0 aliphatic carbocycles. The first-order chi connectivity index (χ1) is 13.2. The summed E-state index contributed by atoms with van der Waals surface area (Å²) in [6.45, 7) is 4.10. The van der Waals surface area contributed by atoms with E-state index in [2.05, 4.69) is 53.4 Å².